The van der Waals surface area contributed by atoms with Gasteiger partial charge in [-0.05, 0) is 34.6 Å². The molecule has 278 valence electrons. The second kappa shape index (κ2) is 23.3. The molecule has 4 saturated heterocycles. The summed E-state index contributed by atoms with van der Waals surface area (Å²) in [6.45, 7) is 24.5. The number of carbonyl (C=O) groups excluding carboxylic acids is 2. The summed E-state index contributed by atoms with van der Waals surface area (Å²) in [7, 11) is 0. The number of esters is 2. The maximum Gasteiger partial charge on any atom is 0.340 e. The lowest BCUT2D eigenvalue weighted by molar-refractivity contribution is -0.154. The summed E-state index contributed by atoms with van der Waals surface area (Å²) in [5, 5.41) is 60.3. The van der Waals surface area contributed by atoms with Crippen LogP contribution in [0.15, 0.2) is 60.8 Å². The van der Waals surface area contributed by atoms with Gasteiger partial charge in [0.15, 0.2) is 0 Å². The fourth-order valence-corrected chi connectivity index (χ4v) is 3.18. The normalized spacial score (nSPS) is 26.5. The number of hydrogen-bond acceptors (Lipinski definition) is 14. The van der Waals surface area contributed by atoms with Gasteiger partial charge in [0.25, 0.3) is 0 Å². The molecular weight excluding hydrogens is 656 g/mol. The van der Waals surface area contributed by atoms with Crippen LogP contribution in [0.25, 0.3) is 0 Å². The maximum absolute atomic E-state index is 10.7. The fraction of sp³-hybridized carbons (Fsp3) is 0.531. The van der Waals surface area contributed by atoms with Gasteiger partial charge in [-0.15, -0.1) is 0 Å². The highest BCUT2D eigenvalue weighted by molar-refractivity contribution is 6.00. The molecule has 8 atom stereocenters. The van der Waals surface area contributed by atoms with Gasteiger partial charge in [-0.2, -0.15) is 0 Å². The van der Waals surface area contributed by atoms with Crippen molar-refractivity contribution in [2.24, 2.45) is 0 Å². The predicted octanol–water partition coefficient (Wildman–Crippen LogP) is 0.161. The quantitative estimate of drug-likeness (QED) is 0.114. The first-order valence-electron chi connectivity index (χ1n) is 14.4. The minimum atomic E-state index is -0.935. The summed E-state index contributed by atoms with van der Waals surface area (Å²) < 4.78 is 24.6. The topological polar surface area (TPSA) is 273 Å². The third-order valence-corrected chi connectivity index (χ3v) is 5.98. The highest BCUT2D eigenvalue weighted by Crippen LogP contribution is 2.27. The molecule has 4 rings (SSSR count). The van der Waals surface area contributed by atoms with E-state index in [0.717, 1.165) is 0 Å². The van der Waals surface area contributed by atoms with E-state index in [1.54, 1.807) is 0 Å². The van der Waals surface area contributed by atoms with Crippen LogP contribution in [0.3, 0.4) is 0 Å². The number of aliphatic carboxylic acids is 3. The fourth-order valence-electron chi connectivity index (χ4n) is 3.18. The SMILES string of the molecule is C=C(C)C(=O)O.C=C(C)C(=O)O.C=C(C)C(=O)O.C=C(C)C(=O)OC(=O)C(=C)C.O[C@@H]1CO[C@H]2[C@@H]1OC[C@@H]2O.O[C@@H]1CO[C@H]2[C@@H]1OC[C@@H]2O. The molecule has 0 aromatic rings. The lowest BCUT2D eigenvalue weighted by Crippen LogP contribution is -2.30. The Morgan fingerprint density at radius 3 is 0.735 bits per heavy atom. The van der Waals surface area contributed by atoms with E-state index in [9.17, 15) is 24.0 Å². The van der Waals surface area contributed by atoms with E-state index < -0.39 is 54.3 Å². The van der Waals surface area contributed by atoms with E-state index in [1.807, 2.05) is 0 Å². The van der Waals surface area contributed by atoms with Crippen LogP contribution in [0.5, 0.6) is 0 Å². The Bertz CT molecular complexity index is 1040. The Morgan fingerprint density at radius 2 is 0.612 bits per heavy atom. The van der Waals surface area contributed by atoms with E-state index in [4.69, 9.17) is 54.7 Å². The number of hydrogen-bond donors (Lipinski definition) is 7. The molecule has 0 spiro atoms. The van der Waals surface area contributed by atoms with Crippen molar-refractivity contribution in [3.8, 4) is 0 Å². The number of aliphatic hydroxyl groups excluding tert-OH is 4. The summed E-state index contributed by atoms with van der Waals surface area (Å²) in [6.07, 6.45) is -3.40. The molecule has 0 amide bonds. The largest absolute Gasteiger partial charge is 0.478 e. The van der Waals surface area contributed by atoms with Crippen LogP contribution < -0.4 is 0 Å². The number of fused-ring (bicyclic) bond motifs is 2. The molecule has 17 heteroatoms. The standard InChI is InChI=1S/C8H10O3.2C6H10O4.3C4H6O2/c1-5(2)7(9)11-8(10)6(3)4;2*7-3-1-9-6-4(8)2-10-5(3)6;3*1-3(2)4(5)6/h1,3H2,2,4H3;2*3-8H,1-2H2;3*1H2,2H3,(H,5,6)/t;2*3-,4+,5-,6-;;;/m.11.../s1. The molecule has 4 fully saturated rings. The highest BCUT2D eigenvalue weighted by Gasteiger charge is 2.47. The van der Waals surface area contributed by atoms with Gasteiger partial charge in [-0.25, -0.2) is 24.0 Å². The molecule has 0 radical (unpaired) electrons. The number of rotatable bonds is 5. The molecular formula is C32H48O17. The van der Waals surface area contributed by atoms with Gasteiger partial charge in [0.2, 0.25) is 0 Å². The van der Waals surface area contributed by atoms with E-state index >= 15 is 0 Å². The Balaban J connectivity index is 0. The van der Waals surface area contributed by atoms with Crippen LogP contribution in [0, 0.1) is 0 Å². The number of ether oxygens (including phenoxy) is 5. The van der Waals surface area contributed by atoms with E-state index in [-0.39, 0.29) is 78.7 Å². The minimum Gasteiger partial charge on any atom is -0.478 e. The molecule has 0 bridgehead atoms. The van der Waals surface area contributed by atoms with Gasteiger partial charge in [0.1, 0.15) is 48.8 Å². The minimum absolute atomic E-state index is 0.176. The first-order valence-corrected chi connectivity index (χ1v) is 14.4. The van der Waals surface area contributed by atoms with Gasteiger partial charge in [-0.3, -0.25) is 0 Å². The van der Waals surface area contributed by atoms with E-state index in [0.29, 0.717) is 0 Å². The predicted molar refractivity (Wildman–Crippen MR) is 171 cm³/mol. The summed E-state index contributed by atoms with van der Waals surface area (Å²) in [6, 6.07) is 0. The zero-order valence-electron chi connectivity index (χ0n) is 28.2. The van der Waals surface area contributed by atoms with Crippen molar-refractivity contribution in [2.75, 3.05) is 26.4 Å². The smallest absolute Gasteiger partial charge is 0.340 e. The van der Waals surface area contributed by atoms with Crippen molar-refractivity contribution < 1.29 is 83.4 Å². The van der Waals surface area contributed by atoms with Crippen LogP contribution in [-0.4, -0.2) is 141 Å². The van der Waals surface area contributed by atoms with Crippen LogP contribution >= 0.6 is 0 Å². The lowest BCUT2D eigenvalue weighted by Gasteiger charge is -2.09. The molecule has 0 aromatic heterocycles. The molecule has 0 aliphatic carbocycles. The second-order valence-corrected chi connectivity index (χ2v) is 11.0. The molecule has 4 aliphatic rings. The second-order valence-electron chi connectivity index (χ2n) is 11.0. The van der Waals surface area contributed by atoms with Crippen molar-refractivity contribution >= 4 is 29.8 Å². The molecule has 0 aromatic carbocycles. The summed E-state index contributed by atoms with van der Waals surface area (Å²) >= 11 is 0. The van der Waals surface area contributed by atoms with Crippen molar-refractivity contribution in [2.45, 2.75) is 83.5 Å². The monoisotopic (exact) mass is 704 g/mol. The third kappa shape index (κ3) is 18.9. The average molecular weight is 705 g/mol. The van der Waals surface area contributed by atoms with E-state index in [2.05, 4.69) is 37.6 Å². The van der Waals surface area contributed by atoms with Gasteiger partial charge in [0, 0.05) is 27.9 Å². The molecule has 17 nitrogen and oxygen atoms in total. The average Bonchev–Trinajstić information content (AvgIpc) is 3.76. The van der Waals surface area contributed by atoms with Crippen LogP contribution in [0.4, 0.5) is 0 Å². The number of carboxylic acid groups (broad SMARTS) is 3. The van der Waals surface area contributed by atoms with Crippen LogP contribution in [0.2, 0.25) is 0 Å². The van der Waals surface area contributed by atoms with Gasteiger partial charge >= 0.3 is 29.8 Å². The van der Waals surface area contributed by atoms with Crippen LogP contribution in [-0.2, 0) is 47.7 Å². The first-order chi connectivity index (χ1) is 22.5. The first kappa shape index (κ1) is 47.0. The molecule has 0 unspecified atom stereocenters. The molecule has 49 heavy (non-hydrogen) atoms. The van der Waals surface area contributed by atoms with Gasteiger partial charge < -0.3 is 59.4 Å². The maximum atomic E-state index is 10.7. The molecule has 7 N–H and O–H groups in total. The van der Waals surface area contributed by atoms with Crippen molar-refractivity contribution in [3.63, 3.8) is 0 Å². The third-order valence-electron chi connectivity index (χ3n) is 5.98. The Hall–Kier alpha value is -4.07. The van der Waals surface area contributed by atoms with Crippen molar-refractivity contribution in [1.29, 1.82) is 0 Å². The number of carbonyl (C=O) groups is 5. The number of aliphatic hydroxyl groups is 4. The molecule has 0 saturated carbocycles. The highest BCUT2D eigenvalue weighted by atomic mass is 16.6. The van der Waals surface area contributed by atoms with Gasteiger partial charge in [-0.1, -0.05) is 32.9 Å². The summed E-state index contributed by atoms with van der Waals surface area (Å²) in [5.41, 5.74) is 0.916. The van der Waals surface area contributed by atoms with Crippen LogP contribution in [0.1, 0.15) is 34.6 Å². The van der Waals surface area contributed by atoms with Crippen molar-refractivity contribution in [3.05, 3.63) is 60.8 Å². The lowest BCUT2D eigenvalue weighted by atomic mass is 10.1. The molecule has 4 aliphatic heterocycles. The Kier molecular flexibility index (Phi) is 22.4. The zero-order valence-corrected chi connectivity index (χ0v) is 28.2. The van der Waals surface area contributed by atoms with Gasteiger partial charge in [0.05, 0.1) is 26.4 Å². The zero-order chi connectivity index (χ0) is 38.8. The summed E-state index contributed by atoms with van der Waals surface area (Å²) in [5.74, 6) is -4.23. The number of carboxylic acids is 3. The summed E-state index contributed by atoms with van der Waals surface area (Å²) in [4.78, 5) is 50.1. The Labute approximate surface area is 284 Å². The van der Waals surface area contributed by atoms with E-state index in [1.165, 1.54) is 34.6 Å². The van der Waals surface area contributed by atoms with Crippen molar-refractivity contribution in [1.82, 2.24) is 0 Å². The molecule has 4 heterocycles. The Morgan fingerprint density at radius 1 is 0.449 bits per heavy atom.